The van der Waals surface area contributed by atoms with Gasteiger partial charge in [-0.3, -0.25) is 0 Å². The zero-order valence-corrected chi connectivity index (χ0v) is 18.2. The number of anilines is 1. The van der Waals surface area contributed by atoms with Gasteiger partial charge in [-0.25, -0.2) is 4.98 Å². The van der Waals surface area contributed by atoms with Gasteiger partial charge in [0.1, 0.15) is 6.10 Å². The number of rotatable bonds is 6. The summed E-state index contributed by atoms with van der Waals surface area (Å²) in [6.07, 6.45) is 9.87. The summed E-state index contributed by atoms with van der Waals surface area (Å²) in [5.41, 5.74) is 1.63. The molecule has 0 amide bonds. The molecule has 0 radical (unpaired) electrons. The average molecular weight is 430 g/mol. The Hall–Kier alpha value is -1.44. The largest absolute Gasteiger partial charge is 0.365 e. The van der Waals surface area contributed by atoms with Crippen LogP contribution >= 0.6 is 11.6 Å². The van der Waals surface area contributed by atoms with Gasteiger partial charge in [0.2, 0.25) is 5.28 Å². The fraction of sp³-hybridized carbons (Fsp3) is 0.773. The molecule has 2 aromatic rings. The second kappa shape index (κ2) is 6.08. The maximum Gasteiger partial charge on any atom is 0.226 e. The Labute approximate surface area is 180 Å². The van der Waals surface area contributed by atoms with Gasteiger partial charge in [-0.15, -0.1) is 0 Å². The Morgan fingerprint density at radius 3 is 2.73 bits per heavy atom. The number of fused-ring (bicyclic) bond motifs is 4. The predicted molar refractivity (Wildman–Crippen MR) is 112 cm³/mol. The van der Waals surface area contributed by atoms with E-state index >= 15 is 0 Å². The normalized spacial score (nSPS) is 37.2. The number of nitrogens with zero attached hydrogens (tertiary/aromatic N) is 4. The van der Waals surface area contributed by atoms with E-state index in [4.69, 9.17) is 26.1 Å². The van der Waals surface area contributed by atoms with Gasteiger partial charge in [0.25, 0.3) is 0 Å². The molecule has 6 atom stereocenters. The van der Waals surface area contributed by atoms with E-state index in [9.17, 15) is 0 Å². The Balaban J connectivity index is 1.24. The van der Waals surface area contributed by atoms with Gasteiger partial charge >= 0.3 is 0 Å². The molecular formula is C22H28ClN5O2. The Bertz CT molecular complexity index is 1020. The molecule has 7 rings (SSSR count). The average Bonchev–Trinajstić information content (AvgIpc) is 3.57. The van der Waals surface area contributed by atoms with Gasteiger partial charge in [-0.2, -0.15) is 9.97 Å². The smallest absolute Gasteiger partial charge is 0.226 e. The third-order valence-corrected chi connectivity index (χ3v) is 7.93. The highest BCUT2D eigenvalue weighted by molar-refractivity contribution is 6.28. The van der Waals surface area contributed by atoms with Crippen LogP contribution in [0, 0.1) is 23.7 Å². The molecule has 5 fully saturated rings. The van der Waals surface area contributed by atoms with Crippen LogP contribution in [-0.2, 0) is 9.47 Å². The molecule has 4 aliphatic carbocycles. The van der Waals surface area contributed by atoms with Gasteiger partial charge < -0.3 is 19.4 Å². The summed E-state index contributed by atoms with van der Waals surface area (Å²) in [5.74, 6) is 3.02. The molecule has 1 N–H and O–H groups in total. The lowest BCUT2D eigenvalue weighted by molar-refractivity contribution is -0.156. The van der Waals surface area contributed by atoms with E-state index in [2.05, 4.69) is 19.9 Å². The molecule has 0 aromatic carbocycles. The molecule has 8 heteroatoms. The van der Waals surface area contributed by atoms with Gasteiger partial charge in [-0.1, -0.05) is 12.8 Å². The van der Waals surface area contributed by atoms with Crippen molar-refractivity contribution in [2.45, 2.75) is 82.5 Å². The van der Waals surface area contributed by atoms with E-state index in [1.165, 1.54) is 38.5 Å². The first-order chi connectivity index (χ1) is 14.5. The van der Waals surface area contributed by atoms with Crippen LogP contribution in [0.25, 0.3) is 11.2 Å². The summed E-state index contributed by atoms with van der Waals surface area (Å²) in [6, 6.07) is 0.657. The van der Waals surface area contributed by atoms with Crippen molar-refractivity contribution in [2.24, 2.45) is 23.7 Å². The molecule has 7 nitrogen and oxygen atoms in total. The Morgan fingerprint density at radius 2 is 1.97 bits per heavy atom. The van der Waals surface area contributed by atoms with Crippen LogP contribution in [0.1, 0.15) is 58.4 Å². The van der Waals surface area contributed by atoms with Crippen molar-refractivity contribution < 1.29 is 9.47 Å². The summed E-state index contributed by atoms with van der Waals surface area (Å²) >= 11 is 6.40. The van der Waals surface area contributed by atoms with Crippen LogP contribution < -0.4 is 5.32 Å². The minimum absolute atomic E-state index is 0.0420. The third kappa shape index (κ3) is 2.88. The van der Waals surface area contributed by atoms with Crippen molar-refractivity contribution in [3.8, 4) is 0 Å². The molecule has 30 heavy (non-hydrogen) atoms. The topological polar surface area (TPSA) is 74.1 Å². The van der Waals surface area contributed by atoms with E-state index in [0.29, 0.717) is 17.9 Å². The molecule has 1 saturated heterocycles. The highest BCUT2D eigenvalue weighted by atomic mass is 35.5. The molecule has 160 valence electrons. The van der Waals surface area contributed by atoms with Crippen molar-refractivity contribution in [2.75, 3.05) is 5.32 Å². The molecule has 1 aliphatic heterocycles. The maximum atomic E-state index is 6.40. The summed E-state index contributed by atoms with van der Waals surface area (Å²) in [4.78, 5) is 13.9. The first-order valence-electron chi connectivity index (χ1n) is 11.5. The maximum absolute atomic E-state index is 6.40. The molecule has 0 bridgehead atoms. The summed E-state index contributed by atoms with van der Waals surface area (Å²) in [6.45, 7) is 4.01. The van der Waals surface area contributed by atoms with E-state index in [0.717, 1.165) is 28.8 Å². The SMILES string of the molecule is CC1(C)O[C@@H]2[C@@H]3C[C@@H]3[C@@H](n3cnc4c(N[C@H](CC5CC5)C5CC5)nc(Cl)nc43)[C@@H]2O1. The van der Waals surface area contributed by atoms with Gasteiger partial charge in [0.15, 0.2) is 22.8 Å². The Kier molecular flexibility index (Phi) is 3.68. The van der Waals surface area contributed by atoms with Crippen molar-refractivity contribution in [3.05, 3.63) is 11.6 Å². The lowest BCUT2D eigenvalue weighted by Gasteiger charge is -2.24. The summed E-state index contributed by atoms with van der Waals surface area (Å²) < 4.78 is 14.7. The third-order valence-electron chi connectivity index (χ3n) is 7.76. The first kappa shape index (κ1) is 18.2. The van der Waals surface area contributed by atoms with Crippen molar-refractivity contribution in [1.29, 1.82) is 0 Å². The van der Waals surface area contributed by atoms with Gasteiger partial charge in [0.05, 0.1) is 18.5 Å². The molecular weight excluding hydrogens is 402 g/mol. The van der Waals surface area contributed by atoms with Gasteiger partial charge in [0, 0.05) is 6.04 Å². The van der Waals surface area contributed by atoms with Crippen LogP contribution in [0.2, 0.25) is 5.28 Å². The molecule has 2 aromatic heterocycles. The Morgan fingerprint density at radius 1 is 1.17 bits per heavy atom. The van der Waals surface area contributed by atoms with E-state index in [1.54, 1.807) is 0 Å². The van der Waals surface area contributed by atoms with E-state index < -0.39 is 5.79 Å². The zero-order valence-electron chi connectivity index (χ0n) is 17.4. The fourth-order valence-electron chi connectivity index (χ4n) is 5.99. The summed E-state index contributed by atoms with van der Waals surface area (Å²) in [7, 11) is 0. The van der Waals surface area contributed by atoms with Crippen molar-refractivity contribution in [1.82, 2.24) is 19.5 Å². The van der Waals surface area contributed by atoms with Crippen LogP contribution in [0.4, 0.5) is 5.82 Å². The highest BCUT2D eigenvalue weighted by Gasteiger charge is 2.66. The summed E-state index contributed by atoms with van der Waals surface area (Å²) in [5, 5.41) is 3.99. The highest BCUT2D eigenvalue weighted by Crippen LogP contribution is 2.63. The van der Waals surface area contributed by atoms with Crippen LogP contribution in [0.5, 0.6) is 0 Å². The molecule has 4 saturated carbocycles. The number of hydrogen-bond acceptors (Lipinski definition) is 6. The van der Waals surface area contributed by atoms with Crippen molar-refractivity contribution in [3.63, 3.8) is 0 Å². The van der Waals surface area contributed by atoms with Crippen LogP contribution in [-0.4, -0.2) is 43.6 Å². The number of imidazole rings is 1. The fourth-order valence-corrected chi connectivity index (χ4v) is 6.16. The molecule has 0 unspecified atom stereocenters. The second-order valence-corrected chi connectivity index (χ2v) is 10.9. The number of nitrogens with one attached hydrogen (secondary N) is 1. The minimum atomic E-state index is -0.531. The van der Waals surface area contributed by atoms with Gasteiger partial charge in [-0.05, 0) is 74.8 Å². The number of halogens is 1. The van der Waals surface area contributed by atoms with E-state index in [-0.39, 0.29) is 23.5 Å². The lowest BCUT2D eigenvalue weighted by Crippen LogP contribution is -2.30. The zero-order chi connectivity index (χ0) is 20.2. The minimum Gasteiger partial charge on any atom is -0.365 e. The monoisotopic (exact) mass is 429 g/mol. The molecule has 0 spiro atoms. The standard InChI is InChI=1S/C22H28ClN5O2/c1-22(2)29-17-13-8-12(13)16(18(17)30-22)28-9-24-15-19(26-21(23)27-20(15)28)25-14(11-5-6-11)7-10-3-4-10/h9-14,16-18H,3-8H2,1-2H3,(H,25,26,27)/t12-,13+,14+,16+,17+,18-/m0/s1. The van der Waals surface area contributed by atoms with Crippen molar-refractivity contribution >= 4 is 28.6 Å². The quantitative estimate of drug-likeness (QED) is 0.694. The molecule has 5 aliphatic rings. The van der Waals surface area contributed by atoms with Crippen LogP contribution in [0.3, 0.4) is 0 Å². The molecule has 3 heterocycles. The number of hydrogen-bond donors (Lipinski definition) is 1. The van der Waals surface area contributed by atoms with E-state index in [1.807, 2.05) is 20.2 Å². The number of aromatic nitrogens is 4. The lowest BCUT2D eigenvalue weighted by atomic mass is 10.1. The predicted octanol–water partition coefficient (Wildman–Crippen LogP) is 4.18. The van der Waals surface area contributed by atoms with Crippen LogP contribution in [0.15, 0.2) is 6.33 Å². The number of ether oxygens (including phenoxy) is 2. The first-order valence-corrected chi connectivity index (χ1v) is 11.9. The second-order valence-electron chi connectivity index (χ2n) is 10.6.